The molecule has 0 spiro atoms. The lowest BCUT2D eigenvalue weighted by Gasteiger charge is -2.25. The lowest BCUT2D eigenvalue weighted by Crippen LogP contribution is -2.03. The molecule has 0 aliphatic rings. The minimum absolute atomic E-state index is 0.340. The highest BCUT2D eigenvalue weighted by Crippen LogP contribution is 2.48. The van der Waals surface area contributed by atoms with Crippen LogP contribution in [0.15, 0.2) is 132 Å². The summed E-state index contributed by atoms with van der Waals surface area (Å²) in [6, 6.07) is 48.8. The minimum atomic E-state index is 0.340. The Balaban J connectivity index is 1.61. The maximum absolute atomic E-state index is 11.8. The summed E-state index contributed by atoms with van der Waals surface area (Å²) in [6.45, 7) is 37.1. The van der Waals surface area contributed by atoms with E-state index in [1.165, 1.54) is 89.0 Å². The monoisotopic (exact) mass is 919 g/mol. The van der Waals surface area contributed by atoms with Crippen molar-refractivity contribution in [3.63, 3.8) is 0 Å². The molecule has 7 aromatic rings. The molecule has 2 heteroatoms. The van der Waals surface area contributed by atoms with Gasteiger partial charge in [0.2, 0.25) is 0 Å². The molecule has 0 atom stereocenters. The molecular formula is C66H78OS. The Labute approximate surface area is 416 Å². The fourth-order valence-corrected chi connectivity index (χ4v) is 11.3. The van der Waals surface area contributed by atoms with Gasteiger partial charge in [0.1, 0.15) is 0 Å². The van der Waals surface area contributed by atoms with Crippen molar-refractivity contribution in [3.05, 3.63) is 172 Å². The standard InChI is InChI=1S/C66H78OS/c1-38(2)52-22-17-23-53(39(3)4)62(52)48-32-46(33-49(36-48)63-54(40(5)6)24-18-25-55(63)41(7)8)60-30-21-31-61(66(60)68-67)47-34-50(64-56(42(9)10)26-19-27-57(64)43(11)12)37-51(35-47)65-58(44(13)14)28-20-29-59(65)45(15)16/h17-45,67H,1-16H3. The predicted octanol–water partition coefficient (Wildman–Crippen LogP) is 21.2. The third-order valence-electron chi connectivity index (χ3n) is 14.2. The van der Waals surface area contributed by atoms with Gasteiger partial charge in [0, 0.05) is 12.0 Å². The Morgan fingerprint density at radius 3 is 0.618 bits per heavy atom. The molecule has 1 nitrogen and oxygen atoms in total. The van der Waals surface area contributed by atoms with Gasteiger partial charge in [-0.15, -0.1) is 0 Å². The van der Waals surface area contributed by atoms with Crippen molar-refractivity contribution in [3.8, 4) is 66.8 Å². The van der Waals surface area contributed by atoms with E-state index in [4.69, 9.17) is 0 Å². The van der Waals surface area contributed by atoms with Gasteiger partial charge in [-0.25, -0.2) is 0 Å². The Morgan fingerprint density at radius 2 is 0.441 bits per heavy atom. The van der Waals surface area contributed by atoms with Gasteiger partial charge in [0.05, 0.1) is 4.90 Å². The quantitative estimate of drug-likeness (QED) is 0.103. The first kappa shape index (κ1) is 50.7. The van der Waals surface area contributed by atoms with E-state index in [-0.39, 0.29) is 0 Å². The number of hydrogen-bond acceptors (Lipinski definition) is 2. The van der Waals surface area contributed by atoms with E-state index in [2.05, 4.69) is 238 Å². The molecule has 0 aliphatic carbocycles. The number of hydrogen-bond donors (Lipinski definition) is 1. The Morgan fingerprint density at radius 1 is 0.265 bits per heavy atom. The molecule has 0 aliphatic heterocycles. The molecule has 354 valence electrons. The van der Waals surface area contributed by atoms with Gasteiger partial charge < -0.3 is 4.55 Å². The average molecular weight is 919 g/mol. The molecule has 0 saturated carbocycles. The predicted molar refractivity (Wildman–Crippen MR) is 300 cm³/mol. The first-order valence-electron chi connectivity index (χ1n) is 25.6. The number of benzene rings is 7. The normalized spacial score (nSPS) is 12.1. The van der Waals surface area contributed by atoms with E-state index in [1.807, 2.05) is 0 Å². The summed E-state index contributed by atoms with van der Waals surface area (Å²) < 4.78 is 11.8. The van der Waals surface area contributed by atoms with Crippen molar-refractivity contribution < 1.29 is 4.55 Å². The molecular weight excluding hydrogens is 841 g/mol. The van der Waals surface area contributed by atoms with Crippen molar-refractivity contribution in [2.45, 2.75) is 163 Å². The van der Waals surface area contributed by atoms with Crippen LogP contribution in [0.2, 0.25) is 0 Å². The van der Waals surface area contributed by atoms with E-state index >= 15 is 0 Å². The summed E-state index contributed by atoms with van der Waals surface area (Å²) in [5, 5.41) is 0. The summed E-state index contributed by atoms with van der Waals surface area (Å²) in [5.41, 5.74) is 25.4. The largest absolute Gasteiger partial charge is 0.325 e. The molecule has 0 amide bonds. The molecule has 0 radical (unpaired) electrons. The summed E-state index contributed by atoms with van der Waals surface area (Å²) >= 11 is 0.883. The molecule has 7 aromatic carbocycles. The first-order chi connectivity index (χ1) is 32.3. The van der Waals surface area contributed by atoms with E-state index in [0.717, 1.165) is 39.2 Å². The van der Waals surface area contributed by atoms with E-state index in [0.29, 0.717) is 47.3 Å². The highest BCUT2D eigenvalue weighted by Gasteiger charge is 2.25. The Kier molecular flexibility index (Phi) is 15.8. The van der Waals surface area contributed by atoms with Gasteiger partial charge in [-0.05, 0) is 195 Å². The fourth-order valence-electron chi connectivity index (χ4n) is 10.8. The van der Waals surface area contributed by atoms with E-state index in [9.17, 15) is 4.55 Å². The number of rotatable bonds is 15. The zero-order valence-corrected chi connectivity index (χ0v) is 44.9. The van der Waals surface area contributed by atoms with Crippen LogP contribution >= 0.6 is 12.0 Å². The molecule has 7 rings (SSSR count). The van der Waals surface area contributed by atoms with Gasteiger partial charge >= 0.3 is 0 Å². The van der Waals surface area contributed by atoms with Gasteiger partial charge in [-0.2, -0.15) is 0 Å². The molecule has 0 saturated heterocycles. The molecule has 68 heavy (non-hydrogen) atoms. The second-order valence-corrected chi connectivity index (χ2v) is 22.4. The van der Waals surface area contributed by atoms with Crippen molar-refractivity contribution in [2.24, 2.45) is 0 Å². The molecule has 0 heterocycles. The summed E-state index contributed by atoms with van der Waals surface area (Å²) in [7, 11) is 0. The van der Waals surface area contributed by atoms with E-state index in [1.54, 1.807) is 0 Å². The average Bonchev–Trinajstić information content (AvgIpc) is 3.32. The second-order valence-electron chi connectivity index (χ2n) is 21.9. The molecule has 0 aromatic heterocycles. The van der Waals surface area contributed by atoms with Crippen molar-refractivity contribution in [1.29, 1.82) is 0 Å². The summed E-state index contributed by atoms with van der Waals surface area (Å²) in [4.78, 5) is 0.864. The van der Waals surface area contributed by atoms with Crippen molar-refractivity contribution in [1.82, 2.24) is 0 Å². The fraction of sp³-hybridized carbons (Fsp3) is 0.364. The van der Waals surface area contributed by atoms with Crippen molar-refractivity contribution >= 4 is 12.0 Å². The Bertz CT molecular complexity index is 2440. The highest BCUT2D eigenvalue weighted by atomic mass is 32.2. The summed E-state index contributed by atoms with van der Waals surface area (Å²) in [6.07, 6.45) is 0. The Hall–Kier alpha value is -5.15. The third kappa shape index (κ3) is 10.1. The lowest BCUT2D eigenvalue weighted by atomic mass is 9.80. The van der Waals surface area contributed by atoms with Crippen molar-refractivity contribution in [2.75, 3.05) is 0 Å². The maximum atomic E-state index is 11.8. The third-order valence-corrected chi connectivity index (χ3v) is 14.9. The van der Waals surface area contributed by atoms with Crippen LogP contribution in [0.1, 0.15) is 203 Å². The lowest BCUT2D eigenvalue weighted by molar-refractivity contribution is 0.664. The van der Waals surface area contributed by atoms with Crippen LogP contribution in [0.3, 0.4) is 0 Å². The molecule has 0 bridgehead atoms. The molecule has 0 fully saturated rings. The smallest absolute Gasteiger partial charge is 0.0507 e. The topological polar surface area (TPSA) is 20.2 Å². The van der Waals surface area contributed by atoms with Crippen LogP contribution in [0.25, 0.3) is 66.8 Å². The van der Waals surface area contributed by atoms with Crippen LogP contribution in [-0.2, 0) is 0 Å². The van der Waals surface area contributed by atoms with Crippen LogP contribution in [0.5, 0.6) is 0 Å². The van der Waals surface area contributed by atoms with Crippen LogP contribution in [-0.4, -0.2) is 4.55 Å². The first-order valence-corrected chi connectivity index (χ1v) is 26.4. The van der Waals surface area contributed by atoms with Gasteiger partial charge in [0.15, 0.2) is 0 Å². The highest BCUT2D eigenvalue weighted by molar-refractivity contribution is 7.94. The zero-order chi connectivity index (χ0) is 49.3. The van der Waals surface area contributed by atoms with Gasteiger partial charge in [-0.3, -0.25) is 0 Å². The maximum Gasteiger partial charge on any atom is 0.0507 e. The SMILES string of the molecule is CC(C)c1cccc(C(C)C)c1-c1cc(-c2cccc(-c3cc(-c4c(C(C)C)cccc4C(C)C)cc(-c4c(C(C)C)cccc4C(C)C)c3)c2SO)cc(-c2c(C(C)C)cccc2C(C)C)c1. The minimum Gasteiger partial charge on any atom is -0.325 e. The summed E-state index contributed by atoms with van der Waals surface area (Å²) in [5.74, 6) is 2.72. The van der Waals surface area contributed by atoms with Crippen LogP contribution in [0, 0.1) is 0 Å². The molecule has 0 unspecified atom stereocenters. The van der Waals surface area contributed by atoms with Crippen LogP contribution < -0.4 is 0 Å². The van der Waals surface area contributed by atoms with E-state index < -0.39 is 0 Å². The molecule has 1 N–H and O–H groups in total. The van der Waals surface area contributed by atoms with Gasteiger partial charge in [0.25, 0.3) is 0 Å². The van der Waals surface area contributed by atoms with Gasteiger partial charge in [-0.1, -0.05) is 202 Å². The second kappa shape index (κ2) is 21.2. The zero-order valence-electron chi connectivity index (χ0n) is 44.1. The van der Waals surface area contributed by atoms with Crippen LogP contribution in [0.4, 0.5) is 0 Å².